The summed E-state index contributed by atoms with van der Waals surface area (Å²) in [6, 6.07) is 0. The smallest absolute Gasteiger partial charge is 0.145 e. The second kappa shape index (κ2) is 2.93. The molecule has 0 saturated heterocycles. The van der Waals surface area contributed by atoms with Crippen LogP contribution < -0.4 is 0 Å². The molecule has 0 aromatic carbocycles. The Morgan fingerprint density at radius 1 is 1.33 bits per heavy atom. The van der Waals surface area contributed by atoms with E-state index in [1.165, 1.54) is 0 Å². The zero-order valence-corrected chi connectivity index (χ0v) is 10.1. The molecule has 3 rings (SSSR count). The Bertz CT molecular complexity index is 329. The molecule has 0 aliphatic heterocycles. The molecule has 3 atom stereocenters. The number of rotatable bonds is 1. The quantitative estimate of drug-likeness (QED) is 0.663. The Morgan fingerprint density at radius 2 is 1.93 bits per heavy atom. The van der Waals surface area contributed by atoms with Crippen molar-refractivity contribution in [1.82, 2.24) is 0 Å². The number of ketones is 2. The van der Waals surface area contributed by atoms with E-state index < -0.39 is 0 Å². The topological polar surface area (TPSA) is 34.1 Å². The van der Waals surface area contributed by atoms with E-state index in [1.807, 2.05) is 20.8 Å². The average Bonchev–Trinajstić information content (AvgIpc) is 2.14. The predicted molar refractivity (Wildman–Crippen MR) is 58.4 cm³/mol. The number of carbonyl (C=O) groups is 2. The first-order valence-electron chi connectivity index (χ1n) is 5.85. The Balaban J connectivity index is 2.43. The van der Waals surface area contributed by atoms with Gasteiger partial charge in [-0.15, -0.1) is 0 Å². The van der Waals surface area contributed by atoms with Crippen molar-refractivity contribution in [2.45, 2.75) is 47.0 Å². The van der Waals surface area contributed by atoms with Crippen LogP contribution in [-0.2, 0) is 9.59 Å². The highest BCUT2D eigenvalue weighted by Crippen LogP contribution is 2.58. The van der Waals surface area contributed by atoms with Crippen molar-refractivity contribution in [3.8, 4) is 0 Å². The zero-order chi connectivity index (χ0) is 11.4. The van der Waals surface area contributed by atoms with Crippen molar-refractivity contribution in [2.75, 3.05) is 0 Å². The molecule has 0 aromatic heterocycles. The number of hydrogen-bond acceptors (Lipinski definition) is 2. The molecule has 0 unspecified atom stereocenters. The third-order valence-corrected chi connectivity index (χ3v) is 4.92. The van der Waals surface area contributed by atoms with Gasteiger partial charge in [0.05, 0.1) is 0 Å². The van der Waals surface area contributed by atoms with Gasteiger partial charge in [-0.05, 0) is 32.1 Å². The molecule has 0 N–H and O–H groups in total. The number of carbonyl (C=O) groups excluding carboxylic acids is 2. The van der Waals surface area contributed by atoms with Crippen LogP contribution in [0.1, 0.15) is 47.0 Å². The fraction of sp³-hybridized carbons (Fsp3) is 0.846. The van der Waals surface area contributed by atoms with E-state index in [0.717, 1.165) is 19.3 Å². The third kappa shape index (κ3) is 1.23. The second-order valence-electron chi connectivity index (χ2n) is 6.10. The lowest BCUT2D eigenvalue weighted by atomic mass is 9.46. The van der Waals surface area contributed by atoms with Gasteiger partial charge in [-0.2, -0.15) is 0 Å². The first-order chi connectivity index (χ1) is 6.80. The van der Waals surface area contributed by atoms with Crippen LogP contribution in [0.2, 0.25) is 0 Å². The molecule has 2 nitrogen and oxygen atoms in total. The Morgan fingerprint density at radius 3 is 2.47 bits per heavy atom. The van der Waals surface area contributed by atoms with E-state index in [9.17, 15) is 9.59 Å². The Labute approximate surface area is 91.4 Å². The Kier molecular flexibility index (Phi) is 2.12. The van der Waals surface area contributed by atoms with Crippen LogP contribution in [0.4, 0.5) is 0 Å². The highest BCUT2D eigenvalue weighted by Gasteiger charge is 2.60. The summed E-state index contributed by atoms with van der Waals surface area (Å²) in [5, 5.41) is 0. The molecule has 0 spiro atoms. The Hall–Kier alpha value is -0.660. The summed E-state index contributed by atoms with van der Waals surface area (Å²) in [7, 11) is 0. The van der Waals surface area contributed by atoms with Gasteiger partial charge in [-0.1, -0.05) is 20.8 Å². The third-order valence-electron chi connectivity index (χ3n) is 4.92. The summed E-state index contributed by atoms with van der Waals surface area (Å²) < 4.78 is 0. The standard InChI is InChI=1S/C13H20O2/c1-8(14)10-7-9-5-6-13(10,4)11(15)12(9,2)3/h9-10H,5-7H2,1-4H3/t9-,10+,13+/m1/s1. The lowest BCUT2D eigenvalue weighted by Gasteiger charge is -2.55. The molecule has 2 bridgehead atoms. The van der Waals surface area contributed by atoms with Gasteiger partial charge in [-0.25, -0.2) is 0 Å². The van der Waals surface area contributed by atoms with E-state index in [0.29, 0.717) is 11.7 Å². The summed E-state index contributed by atoms with van der Waals surface area (Å²) in [4.78, 5) is 24.0. The predicted octanol–water partition coefficient (Wildman–Crippen LogP) is 2.61. The van der Waals surface area contributed by atoms with Crippen LogP contribution >= 0.6 is 0 Å². The SMILES string of the molecule is CC(=O)[C@@H]1C[C@H]2CC[C@]1(C)C(=O)C2(C)C. The summed E-state index contributed by atoms with van der Waals surface area (Å²) in [6.07, 6.45) is 2.94. The summed E-state index contributed by atoms with van der Waals surface area (Å²) in [5.74, 6) is 0.918. The van der Waals surface area contributed by atoms with Crippen molar-refractivity contribution in [3.05, 3.63) is 0 Å². The van der Waals surface area contributed by atoms with Crippen molar-refractivity contribution >= 4 is 11.6 Å². The number of fused-ring (bicyclic) bond motifs is 3. The van der Waals surface area contributed by atoms with E-state index in [4.69, 9.17) is 0 Å². The lowest BCUT2D eigenvalue weighted by molar-refractivity contribution is -0.164. The van der Waals surface area contributed by atoms with Crippen LogP contribution in [0.25, 0.3) is 0 Å². The maximum absolute atomic E-state index is 12.4. The molecular weight excluding hydrogens is 188 g/mol. The van der Waals surface area contributed by atoms with Gasteiger partial charge < -0.3 is 0 Å². The fourth-order valence-corrected chi connectivity index (χ4v) is 3.77. The largest absolute Gasteiger partial charge is 0.300 e. The van der Waals surface area contributed by atoms with Gasteiger partial charge in [0.15, 0.2) is 0 Å². The monoisotopic (exact) mass is 208 g/mol. The van der Waals surface area contributed by atoms with Crippen LogP contribution in [0.5, 0.6) is 0 Å². The maximum Gasteiger partial charge on any atom is 0.145 e. The number of hydrogen-bond donors (Lipinski definition) is 0. The minimum atomic E-state index is -0.371. The summed E-state index contributed by atoms with van der Waals surface area (Å²) >= 11 is 0. The highest BCUT2D eigenvalue weighted by molar-refractivity contribution is 5.96. The van der Waals surface area contributed by atoms with Crippen LogP contribution in [0.3, 0.4) is 0 Å². The summed E-state index contributed by atoms with van der Waals surface area (Å²) in [6.45, 7) is 7.73. The lowest BCUT2D eigenvalue weighted by Crippen LogP contribution is -2.58. The average molecular weight is 208 g/mol. The first kappa shape index (κ1) is 10.8. The molecule has 3 saturated carbocycles. The molecular formula is C13H20O2. The van der Waals surface area contributed by atoms with E-state index >= 15 is 0 Å². The van der Waals surface area contributed by atoms with Gasteiger partial charge in [0.25, 0.3) is 0 Å². The number of Topliss-reactive ketones (excluding diaryl/α,β-unsaturated/α-hetero) is 2. The van der Waals surface area contributed by atoms with Crippen molar-refractivity contribution < 1.29 is 9.59 Å². The zero-order valence-electron chi connectivity index (χ0n) is 10.1. The molecule has 3 aliphatic carbocycles. The molecule has 0 radical (unpaired) electrons. The van der Waals surface area contributed by atoms with Gasteiger partial charge in [0, 0.05) is 16.7 Å². The van der Waals surface area contributed by atoms with E-state index in [-0.39, 0.29) is 22.5 Å². The molecule has 84 valence electrons. The van der Waals surface area contributed by atoms with Gasteiger partial charge in [0.2, 0.25) is 0 Å². The fourth-order valence-electron chi connectivity index (χ4n) is 3.77. The summed E-state index contributed by atoms with van der Waals surface area (Å²) in [5.41, 5.74) is -0.580. The molecule has 0 amide bonds. The van der Waals surface area contributed by atoms with Crippen LogP contribution in [0, 0.1) is 22.7 Å². The van der Waals surface area contributed by atoms with Crippen LogP contribution in [-0.4, -0.2) is 11.6 Å². The van der Waals surface area contributed by atoms with Gasteiger partial charge in [0.1, 0.15) is 11.6 Å². The molecule has 2 heteroatoms. The second-order valence-corrected chi connectivity index (χ2v) is 6.10. The van der Waals surface area contributed by atoms with Gasteiger partial charge >= 0.3 is 0 Å². The molecule has 3 aliphatic rings. The molecule has 15 heavy (non-hydrogen) atoms. The van der Waals surface area contributed by atoms with Crippen LogP contribution in [0.15, 0.2) is 0 Å². The first-order valence-corrected chi connectivity index (χ1v) is 5.85. The molecule has 3 fully saturated rings. The van der Waals surface area contributed by atoms with E-state index in [2.05, 4.69) is 0 Å². The maximum atomic E-state index is 12.4. The molecule has 0 heterocycles. The minimum absolute atomic E-state index is 0.0169. The molecule has 0 aromatic rings. The van der Waals surface area contributed by atoms with Crippen molar-refractivity contribution in [2.24, 2.45) is 22.7 Å². The van der Waals surface area contributed by atoms with Gasteiger partial charge in [-0.3, -0.25) is 9.59 Å². The minimum Gasteiger partial charge on any atom is -0.300 e. The highest BCUT2D eigenvalue weighted by atomic mass is 16.1. The normalized spacial score (nSPS) is 43.1. The van der Waals surface area contributed by atoms with Crippen molar-refractivity contribution in [1.29, 1.82) is 0 Å². The van der Waals surface area contributed by atoms with E-state index in [1.54, 1.807) is 6.92 Å². The van der Waals surface area contributed by atoms with Crippen molar-refractivity contribution in [3.63, 3.8) is 0 Å².